The Balaban J connectivity index is 1.74. The number of para-hydroxylation sites is 1. The summed E-state index contributed by atoms with van der Waals surface area (Å²) in [5.41, 5.74) is 2.91. The third-order valence-electron chi connectivity index (χ3n) is 4.21. The molecule has 0 aliphatic rings. The molecule has 0 aliphatic carbocycles. The Bertz CT molecular complexity index is 1080. The highest BCUT2D eigenvalue weighted by Gasteiger charge is 2.21. The molecular formula is C21H18N4O2S. The second kappa shape index (κ2) is 8.06. The molecule has 1 amide bonds. The molecule has 140 valence electrons. The largest absolute Gasteiger partial charge is 0.496 e. The number of rotatable bonds is 6. The van der Waals surface area contributed by atoms with Crippen molar-refractivity contribution < 1.29 is 9.53 Å². The Labute approximate surface area is 166 Å². The summed E-state index contributed by atoms with van der Waals surface area (Å²) in [4.78, 5) is 17.1. The predicted molar refractivity (Wildman–Crippen MR) is 110 cm³/mol. The van der Waals surface area contributed by atoms with Crippen molar-refractivity contribution in [2.24, 2.45) is 0 Å². The number of carbonyl (C=O) groups excluding carboxylic acids is 1. The van der Waals surface area contributed by atoms with Crippen molar-refractivity contribution in [1.29, 1.82) is 0 Å². The average molecular weight is 390 g/mol. The highest BCUT2D eigenvalue weighted by atomic mass is 32.1. The normalized spacial score (nSPS) is 10.6. The molecule has 0 atom stereocenters. The number of thiazole rings is 1. The van der Waals surface area contributed by atoms with Gasteiger partial charge in [0, 0.05) is 23.3 Å². The first kappa shape index (κ1) is 17.9. The second-order valence-electron chi connectivity index (χ2n) is 6.07. The van der Waals surface area contributed by atoms with Crippen LogP contribution in [0.5, 0.6) is 5.75 Å². The molecule has 0 unspecified atom stereocenters. The van der Waals surface area contributed by atoms with E-state index in [-0.39, 0.29) is 5.91 Å². The molecule has 0 saturated carbocycles. The molecule has 4 aromatic rings. The van der Waals surface area contributed by atoms with Gasteiger partial charge in [-0.3, -0.25) is 14.8 Å². The van der Waals surface area contributed by atoms with E-state index >= 15 is 0 Å². The fourth-order valence-corrected chi connectivity index (χ4v) is 3.45. The van der Waals surface area contributed by atoms with Gasteiger partial charge in [-0.15, -0.1) is 11.3 Å². The molecule has 7 heteroatoms. The summed E-state index contributed by atoms with van der Waals surface area (Å²) in [6, 6.07) is 17.5. The Morgan fingerprint density at radius 3 is 2.68 bits per heavy atom. The molecule has 2 aromatic heterocycles. The van der Waals surface area contributed by atoms with Crippen molar-refractivity contribution in [3.05, 3.63) is 83.5 Å². The first-order valence-corrected chi connectivity index (χ1v) is 9.58. The molecule has 6 nitrogen and oxygen atoms in total. The minimum atomic E-state index is -0.254. The number of nitrogens with zero attached hydrogens (tertiary/aromatic N) is 3. The molecule has 28 heavy (non-hydrogen) atoms. The van der Waals surface area contributed by atoms with Crippen LogP contribution in [0.15, 0.2) is 72.4 Å². The molecule has 2 aromatic carbocycles. The van der Waals surface area contributed by atoms with Crippen molar-refractivity contribution in [2.75, 3.05) is 12.4 Å². The van der Waals surface area contributed by atoms with Gasteiger partial charge in [0.15, 0.2) is 5.13 Å². The maximum absolute atomic E-state index is 12.9. The predicted octanol–water partition coefficient (Wildman–Crippen LogP) is 4.32. The maximum Gasteiger partial charge on any atom is 0.261 e. The standard InChI is InChI=1S/C21H18N4O2S/c1-27-18-10-6-5-9-16(18)19-17(20(26)23-21-22-11-12-28-21)14-25(24-19)13-15-7-3-2-4-8-15/h2-12,14H,13H2,1H3,(H,22,23,26). The minimum Gasteiger partial charge on any atom is -0.496 e. The summed E-state index contributed by atoms with van der Waals surface area (Å²) < 4.78 is 7.25. The summed E-state index contributed by atoms with van der Waals surface area (Å²) >= 11 is 1.37. The van der Waals surface area contributed by atoms with E-state index in [0.29, 0.717) is 28.7 Å². The van der Waals surface area contributed by atoms with E-state index < -0.39 is 0 Å². The first-order valence-electron chi connectivity index (χ1n) is 8.70. The highest BCUT2D eigenvalue weighted by molar-refractivity contribution is 7.13. The lowest BCUT2D eigenvalue weighted by molar-refractivity contribution is 0.102. The van der Waals surface area contributed by atoms with Gasteiger partial charge in [-0.1, -0.05) is 42.5 Å². The molecule has 0 spiro atoms. The number of aromatic nitrogens is 3. The van der Waals surface area contributed by atoms with E-state index in [2.05, 4.69) is 10.3 Å². The van der Waals surface area contributed by atoms with Gasteiger partial charge in [-0.2, -0.15) is 5.10 Å². The SMILES string of the molecule is COc1ccccc1-c1nn(Cc2ccccc2)cc1C(=O)Nc1nccs1. The van der Waals surface area contributed by atoms with Crippen LogP contribution in [0.3, 0.4) is 0 Å². The van der Waals surface area contributed by atoms with Gasteiger partial charge in [0.25, 0.3) is 5.91 Å². The molecule has 2 heterocycles. The Kier molecular flexibility index (Phi) is 5.16. The van der Waals surface area contributed by atoms with Gasteiger partial charge in [-0.05, 0) is 17.7 Å². The van der Waals surface area contributed by atoms with E-state index in [4.69, 9.17) is 9.84 Å². The first-order chi connectivity index (χ1) is 13.7. The molecule has 0 radical (unpaired) electrons. The number of carbonyl (C=O) groups is 1. The number of hydrogen-bond acceptors (Lipinski definition) is 5. The van der Waals surface area contributed by atoms with Gasteiger partial charge in [0.2, 0.25) is 0 Å². The Morgan fingerprint density at radius 1 is 1.14 bits per heavy atom. The zero-order valence-corrected chi connectivity index (χ0v) is 16.0. The highest BCUT2D eigenvalue weighted by Crippen LogP contribution is 2.31. The van der Waals surface area contributed by atoms with Crippen LogP contribution < -0.4 is 10.1 Å². The fraction of sp³-hybridized carbons (Fsp3) is 0.0952. The van der Waals surface area contributed by atoms with Crippen molar-refractivity contribution in [3.63, 3.8) is 0 Å². The third kappa shape index (κ3) is 3.79. The number of hydrogen-bond donors (Lipinski definition) is 1. The maximum atomic E-state index is 12.9. The monoisotopic (exact) mass is 390 g/mol. The third-order valence-corrected chi connectivity index (χ3v) is 4.90. The Morgan fingerprint density at radius 2 is 1.93 bits per heavy atom. The zero-order valence-electron chi connectivity index (χ0n) is 15.2. The van der Waals surface area contributed by atoms with Gasteiger partial charge in [-0.25, -0.2) is 4.98 Å². The summed E-state index contributed by atoms with van der Waals surface area (Å²) in [6.07, 6.45) is 3.41. The number of methoxy groups -OCH3 is 1. The topological polar surface area (TPSA) is 69.0 Å². The summed E-state index contributed by atoms with van der Waals surface area (Å²) in [5.74, 6) is 0.408. The van der Waals surface area contributed by atoms with Crippen LogP contribution in [0, 0.1) is 0 Å². The van der Waals surface area contributed by atoms with E-state index in [1.54, 1.807) is 24.2 Å². The van der Waals surface area contributed by atoms with Crippen LogP contribution in [-0.2, 0) is 6.54 Å². The summed E-state index contributed by atoms with van der Waals surface area (Å²) in [6.45, 7) is 0.563. The van der Waals surface area contributed by atoms with Crippen LogP contribution in [0.25, 0.3) is 11.3 Å². The smallest absolute Gasteiger partial charge is 0.261 e. The van der Waals surface area contributed by atoms with Crippen molar-refractivity contribution in [1.82, 2.24) is 14.8 Å². The second-order valence-corrected chi connectivity index (χ2v) is 6.96. The zero-order chi connectivity index (χ0) is 19.3. The van der Waals surface area contributed by atoms with E-state index in [1.165, 1.54) is 11.3 Å². The average Bonchev–Trinajstić information content (AvgIpc) is 3.38. The van der Waals surface area contributed by atoms with E-state index in [0.717, 1.165) is 11.1 Å². The number of benzene rings is 2. The van der Waals surface area contributed by atoms with E-state index in [9.17, 15) is 4.79 Å². The number of ether oxygens (including phenoxy) is 1. The van der Waals surface area contributed by atoms with E-state index in [1.807, 2.05) is 60.0 Å². The fourth-order valence-electron chi connectivity index (χ4n) is 2.93. The van der Waals surface area contributed by atoms with Crippen LogP contribution >= 0.6 is 11.3 Å². The van der Waals surface area contributed by atoms with Crippen LogP contribution in [0.2, 0.25) is 0 Å². The quantitative estimate of drug-likeness (QED) is 0.532. The molecule has 4 rings (SSSR count). The lowest BCUT2D eigenvalue weighted by Crippen LogP contribution is -2.12. The molecule has 0 fully saturated rings. The molecule has 0 bridgehead atoms. The summed E-state index contributed by atoms with van der Waals surface area (Å²) in [7, 11) is 1.61. The van der Waals surface area contributed by atoms with Gasteiger partial charge in [0.05, 0.1) is 19.2 Å². The molecular weight excluding hydrogens is 372 g/mol. The molecule has 0 aliphatic heterocycles. The van der Waals surface area contributed by atoms with Crippen LogP contribution in [-0.4, -0.2) is 27.8 Å². The van der Waals surface area contributed by atoms with Crippen LogP contribution in [0.1, 0.15) is 15.9 Å². The van der Waals surface area contributed by atoms with Crippen molar-refractivity contribution >= 4 is 22.4 Å². The number of amides is 1. The summed E-state index contributed by atoms with van der Waals surface area (Å²) in [5, 5.41) is 9.89. The minimum absolute atomic E-state index is 0.254. The molecule has 1 N–H and O–H groups in total. The molecule has 0 saturated heterocycles. The lowest BCUT2D eigenvalue weighted by atomic mass is 10.1. The van der Waals surface area contributed by atoms with Crippen molar-refractivity contribution in [2.45, 2.75) is 6.54 Å². The number of nitrogens with one attached hydrogen (secondary N) is 1. The van der Waals surface area contributed by atoms with Gasteiger partial charge < -0.3 is 4.74 Å². The number of anilines is 1. The van der Waals surface area contributed by atoms with Crippen molar-refractivity contribution in [3.8, 4) is 17.0 Å². The van der Waals surface area contributed by atoms with Gasteiger partial charge >= 0.3 is 0 Å². The lowest BCUT2D eigenvalue weighted by Gasteiger charge is -2.07. The Hall–Kier alpha value is -3.45. The van der Waals surface area contributed by atoms with Crippen LogP contribution in [0.4, 0.5) is 5.13 Å². The van der Waals surface area contributed by atoms with Gasteiger partial charge in [0.1, 0.15) is 11.4 Å².